The summed E-state index contributed by atoms with van der Waals surface area (Å²) in [5, 5.41) is 13.9. The lowest BCUT2D eigenvalue weighted by molar-refractivity contribution is -0.383. The van der Waals surface area contributed by atoms with Crippen molar-refractivity contribution in [1.82, 2.24) is 0 Å². The van der Waals surface area contributed by atoms with Gasteiger partial charge in [-0.05, 0) is 35.4 Å². The van der Waals surface area contributed by atoms with Crippen LogP contribution >= 0.6 is 11.6 Å². The molecule has 1 N–H and O–H groups in total. The van der Waals surface area contributed by atoms with Gasteiger partial charge in [0.15, 0.2) is 0 Å². The topological polar surface area (TPSA) is 72.2 Å². The Morgan fingerprint density at radius 3 is 2.20 bits per heavy atom. The van der Waals surface area contributed by atoms with E-state index in [4.69, 9.17) is 11.6 Å². The predicted molar refractivity (Wildman–Crippen MR) is 97.9 cm³/mol. The van der Waals surface area contributed by atoms with Gasteiger partial charge in [0.2, 0.25) is 0 Å². The minimum Gasteiger partial charge on any atom is -0.316 e. The van der Waals surface area contributed by atoms with Gasteiger partial charge in [0.25, 0.3) is 11.6 Å². The SMILES string of the molecule is O=C(Nc1ccc(Cl)cc1[N+](=O)[O-])c1ccc(-c2ccccc2)cc1. The van der Waals surface area contributed by atoms with Crippen LogP contribution in [0.2, 0.25) is 5.02 Å². The third-order valence-electron chi connectivity index (χ3n) is 3.66. The first-order valence-corrected chi connectivity index (χ1v) is 7.83. The molecule has 0 saturated carbocycles. The maximum absolute atomic E-state index is 12.4. The summed E-state index contributed by atoms with van der Waals surface area (Å²) in [7, 11) is 0. The number of nitrogens with one attached hydrogen (secondary N) is 1. The molecule has 5 nitrogen and oxygen atoms in total. The lowest BCUT2D eigenvalue weighted by atomic mass is 10.0. The third-order valence-corrected chi connectivity index (χ3v) is 3.89. The third kappa shape index (κ3) is 3.84. The summed E-state index contributed by atoms with van der Waals surface area (Å²) in [5.41, 5.74) is 2.29. The highest BCUT2D eigenvalue weighted by Crippen LogP contribution is 2.28. The van der Waals surface area contributed by atoms with E-state index in [1.54, 1.807) is 12.1 Å². The van der Waals surface area contributed by atoms with Crippen molar-refractivity contribution in [2.24, 2.45) is 0 Å². The maximum atomic E-state index is 12.4. The number of nitro benzene ring substituents is 1. The van der Waals surface area contributed by atoms with Crippen LogP contribution in [-0.4, -0.2) is 10.8 Å². The molecule has 0 spiro atoms. The molecule has 0 atom stereocenters. The number of benzene rings is 3. The Labute approximate surface area is 149 Å². The fraction of sp³-hybridized carbons (Fsp3) is 0. The number of carbonyl (C=O) groups excluding carboxylic acids is 1. The molecule has 0 heterocycles. The molecule has 3 rings (SSSR count). The quantitative estimate of drug-likeness (QED) is 0.520. The molecule has 25 heavy (non-hydrogen) atoms. The standard InChI is InChI=1S/C19H13ClN2O3/c20-16-10-11-17(18(12-16)22(24)25)21-19(23)15-8-6-14(7-9-15)13-4-2-1-3-5-13/h1-12H,(H,21,23). The molecule has 0 fully saturated rings. The van der Waals surface area contributed by atoms with E-state index in [-0.39, 0.29) is 16.4 Å². The lowest BCUT2D eigenvalue weighted by Crippen LogP contribution is -2.13. The van der Waals surface area contributed by atoms with Gasteiger partial charge in [0, 0.05) is 16.7 Å². The highest BCUT2D eigenvalue weighted by Gasteiger charge is 2.17. The van der Waals surface area contributed by atoms with Gasteiger partial charge in [-0.2, -0.15) is 0 Å². The van der Waals surface area contributed by atoms with Gasteiger partial charge in [-0.3, -0.25) is 14.9 Å². The number of carbonyl (C=O) groups is 1. The number of amides is 1. The summed E-state index contributed by atoms with van der Waals surface area (Å²) in [6.45, 7) is 0. The molecule has 0 aliphatic rings. The van der Waals surface area contributed by atoms with Gasteiger partial charge in [-0.1, -0.05) is 54.1 Å². The number of nitro groups is 1. The molecule has 124 valence electrons. The van der Waals surface area contributed by atoms with Crippen molar-refractivity contribution in [3.8, 4) is 11.1 Å². The van der Waals surface area contributed by atoms with E-state index in [1.807, 2.05) is 42.5 Å². The van der Waals surface area contributed by atoms with E-state index in [1.165, 1.54) is 18.2 Å². The van der Waals surface area contributed by atoms with Gasteiger partial charge in [0.05, 0.1) is 4.92 Å². The Hall–Kier alpha value is -3.18. The van der Waals surface area contributed by atoms with Crippen LogP contribution in [0, 0.1) is 10.1 Å². The zero-order valence-corrected chi connectivity index (χ0v) is 13.7. The maximum Gasteiger partial charge on any atom is 0.294 e. The Bertz CT molecular complexity index is 925. The second-order valence-corrected chi connectivity index (χ2v) is 5.75. The largest absolute Gasteiger partial charge is 0.316 e. The summed E-state index contributed by atoms with van der Waals surface area (Å²) in [6, 6.07) is 20.9. The monoisotopic (exact) mass is 352 g/mol. The van der Waals surface area contributed by atoms with Crippen LogP contribution in [0.4, 0.5) is 11.4 Å². The molecule has 1 amide bonds. The Morgan fingerprint density at radius 2 is 1.56 bits per heavy atom. The van der Waals surface area contributed by atoms with E-state index in [2.05, 4.69) is 5.32 Å². The highest BCUT2D eigenvalue weighted by molar-refractivity contribution is 6.31. The minimum absolute atomic E-state index is 0.103. The second-order valence-electron chi connectivity index (χ2n) is 5.32. The number of nitrogens with zero attached hydrogens (tertiary/aromatic N) is 1. The summed E-state index contributed by atoms with van der Waals surface area (Å²) >= 11 is 5.77. The first-order chi connectivity index (χ1) is 12.0. The van der Waals surface area contributed by atoms with Crippen LogP contribution in [-0.2, 0) is 0 Å². The highest BCUT2D eigenvalue weighted by atomic mass is 35.5. The van der Waals surface area contributed by atoms with E-state index in [0.717, 1.165) is 11.1 Å². The zero-order chi connectivity index (χ0) is 17.8. The molecule has 3 aromatic carbocycles. The van der Waals surface area contributed by atoms with Gasteiger partial charge >= 0.3 is 0 Å². The molecule has 6 heteroatoms. The summed E-state index contributed by atoms with van der Waals surface area (Å²) in [6.07, 6.45) is 0. The van der Waals surface area contributed by atoms with Crippen LogP contribution in [0.15, 0.2) is 72.8 Å². The van der Waals surface area contributed by atoms with Gasteiger partial charge in [-0.15, -0.1) is 0 Å². The number of hydrogen-bond donors (Lipinski definition) is 1. The van der Waals surface area contributed by atoms with Crippen molar-refractivity contribution in [3.05, 3.63) is 93.5 Å². The van der Waals surface area contributed by atoms with Gasteiger partial charge in [-0.25, -0.2) is 0 Å². The molecule has 3 aromatic rings. The zero-order valence-electron chi connectivity index (χ0n) is 13.0. The van der Waals surface area contributed by atoms with E-state index < -0.39 is 10.8 Å². The smallest absolute Gasteiger partial charge is 0.294 e. The van der Waals surface area contributed by atoms with Crippen molar-refractivity contribution in [2.45, 2.75) is 0 Å². The normalized spacial score (nSPS) is 10.3. The number of hydrogen-bond acceptors (Lipinski definition) is 3. The molecule has 0 saturated heterocycles. The van der Waals surface area contributed by atoms with E-state index in [9.17, 15) is 14.9 Å². The average Bonchev–Trinajstić information content (AvgIpc) is 2.64. The lowest BCUT2D eigenvalue weighted by Gasteiger charge is -2.07. The Morgan fingerprint density at radius 1 is 0.920 bits per heavy atom. The fourth-order valence-corrected chi connectivity index (χ4v) is 2.57. The summed E-state index contributed by atoms with van der Waals surface area (Å²) < 4.78 is 0. The first kappa shape index (κ1) is 16.7. The number of rotatable bonds is 4. The molecule has 0 unspecified atom stereocenters. The van der Waals surface area contributed by atoms with Crippen molar-refractivity contribution >= 4 is 28.9 Å². The molecule has 0 aromatic heterocycles. The number of anilines is 1. The van der Waals surface area contributed by atoms with Crippen LogP contribution in [0.25, 0.3) is 11.1 Å². The van der Waals surface area contributed by atoms with Crippen LogP contribution in [0.1, 0.15) is 10.4 Å². The van der Waals surface area contributed by atoms with E-state index in [0.29, 0.717) is 5.56 Å². The number of halogens is 1. The molecule has 0 aliphatic carbocycles. The van der Waals surface area contributed by atoms with Crippen molar-refractivity contribution in [1.29, 1.82) is 0 Å². The van der Waals surface area contributed by atoms with Gasteiger partial charge in [0.1, 0.15) is 5.69 Å². The summed E-state index contributed by atoms with van der Waals surface area (Å²) in [4.78, 5) is 22.9. The minimum atomic E-state index is -0.583. The second kappa shape index (κ2) is 7.15. The van der Waals surface area contributed by atoms with E-state index >= 15 is 0 Å². The molecule has 0 radical (unpaired) electrons. The van der Waals surface area contributed by atoms with Crippen molar-refractivity contribution in [3.63, 3.8) is 0 Å². The first-order valence-electron chi connectivity index (χ1n) is 7.45. The molecule has 0 aliphatic heterocycles. The molecule has 0 bridgehead atoms. The van der Waals surface area contributed by atoms with Crippen LogP contribution < -0.4 is 5.32 Å². The molecular formula is C19H13ClN2O3. The fourth-order valence-electron chi connectivity index (χ4n) is 2.40. The average molecular weight is 353 g/mol. The Kier molecular flexibility index (Phi) is 4.77. The van der Waals surface area contributed by atoms with Crippen molar-refractivity contribution in [2.75, 3.05) is 5.32 Å². The van der Waals surface area contributed by atoms with Gasteiger partial charge < -0.3 is 5.32 Å². The Balaban J connectivity index is 1.82. The summed E-state index contributed by atoms with van der Waals surface area (Å²) in [5.74, 6) is -0.426. The predicted octanol–water partition coefficient (Wildman–Crippen LogP) is 5.17. The molecular weight excluding hydrogens is 340 g/mol. The van der Waals surface area contributed by atoms with Crippen molar-refractivity contribution < 1.29 is 9.72 Å². The van der Waals surface area contributed by atoms with Crippen LogP contribution in [0.3, 0.4) is 0 Å². The van der Waals surface area contributed by atoms with Crippen LogP contribution in [0.5, 0.6) is 0 Å².